The molecule has 1 unspecified atom stereocenters. The fraction of sp³-hybridized carbons (Fsp3) is 0.667. The lowest BCUT2D eigenvalue weighted by molar-refractivity contribution is 0.165. The van der Waals surface area contributed by atoms with Gasteiger partial charge in [-0.3, -0.25) is 0 Å². The van der Waals surface area contributed by atoms with Gasteiger partial charge in [-0.25, -0.2) is 4.98 Å². The third-order valence-corrected chi connectivity index (χ3v) is 2.39. The molecule has 0 saturated heterocycles. The molecule has 74 valence electrons. The zero-order valence-corrected chi connectivity index (χ0v) is 8.93. The normalized spacial score (nSPS) is 13.1. The van der Waals surface area contributed by atoms with Gasteiger partial charge in [0, 0.05) is 12.5 Å². The summed E-state index contributed by atoms with van der Waals surface area (Å²) in [5, 5.41) is 5.45. The van der Waals surface area contributed by atoms with Crippen LogP contribution in [0.3, 0.4) is 0 Å². The maximum absolute atomic E-state index is 5.13. The summed E-state index contributed by atoms with van der Waals surface area (Å²) in [6.45, 7) is 3.84. The van der Waals surface area contributed by atoms with Crippen molar-refractivity contribution < 1.29 is 4.74 Å². The van der Waals surface area contributed by atoms with Crippen molar-refractivity contribution in [1.82, 2.24) is 10.3 Å². The molecule has 1 aromatic heterocycles. The molecule has 3 nitrogen and oxygen atoms in total. The van der Waals surface area contributed by atoms with E-state index in [0.29, 0.717) is 6.61 Å². The molecule has 0 aliphatic carbocycles. The highest BCUT2D eigenvalue weighted by Gasteiger charge is 2.11. The van der Waals surface area contributed by atoms with Gasteiger partial charge in [0.1, 0.15) is 0 Å². The van der Waals surface area contributed by atoms with Crippen molar-refractivity contribution in [3.63, 3.8) is 0 Å². The number of aromatic nitrogens is 1. The van der Waals surface area contributed by atoms with E-state index in [4.69, 9.17) is 4.74 Å². The molecule has 0 amide bonds. The molecule has 0 bridgehead atoms. The summed E-state index contributed by atoms with van der Waals surface area (Å²) < 4.78 is 5.13. The summed E-state index contributed by atoms with van der Waals surface area (Å²) in [4.78, 5) is 4.26. The molecule has 1 aromatic rings. The maximum atomic E-state index is 5.13. The Balaban J connectivity index is 2.47. The predicted octanol–water partition coefficient (Wildman–Crippen LogP) is 1.83. The Hall–Kier alpha value is -0.450. The van der Waals surface area contributed by atoms with E-state index in [1.165, 1.54) is 0 Å². The van der Waals surface area contributed by atoms with Crippen LogP contribution in [-0.4, -0.2) is 25.2 Å². The van der Waals surface area contributed by atoms with E-state index >= 15 is 0 Å². The van der Waals surface area contributed by atoms with E-state index < -0.39 is 0 Å². The lowest BCUT2D eigenvalue weighted by atomic mass is 10.2. The van der Waals surface area contributed by atoms with Crippen LogP contribution in [0, 0.1) is 0 Å². The molecule has 0 aliphatic rings. The summed E-state index contributed by atoms with van der Waals surface area (Å²) in [5.41, 5.74) is 2.94. The first-order valence-electron chi connectivity index (χ1n) is 4.49. The fourth-order valence-corrected chi connectivity index (χ4v) is 1.74. The number of rotatable bonds is 6. The second-order valence-electron chi connectivity index (χ2n) is 2.88. The van der Waals surface area contributed by atoms with Gasteiger partial charge < -0.3 is 10.1 Å². The minimum absolute atomic E-state index is 0.246. The first-order chi connectivity index (χ1) is 6.38. The highest BCUT2D eigenvalue weighted by molar-refractivity contribution is 7.07. The number of thiazole rings is 1. The van der Waals surface area contributed by atoms with Crippen LogP contribution >= 0.6 is 11.3 Å². The average Bonchev–Trinajstić information content (AvgIpc) is 2.65. The molecular weight excluding hydrogens is 184 g/mol. The molecule has 1 atom stereocenters. The zero-order chi connectivity index (χ0) is 9.52. The quantitative estimate of drug-likeness (QED) is 0.760. The van der Waals surface area contributed by atoms with Gasteiger partial charge >= 0.3 is 0 Å². The number of nitrogens with zero attached hydrogens (tertiary/aromatic N) is 1. The van der Waals surface area contributed by atoms with Crippen molar-refractivity contribution in [1.29, 1.82) is 0 Å². The summed E-state index contributed by atoms with van der Waals surface area (Å²) in [7, 11) is 1.72. The fourth-order valence-electron chi connectivity index (χ4n) is 1.13. The van der Waals surface area contributed by atoms with Gasteiger partial charge in [-0.15, -0.1) is 11.3 Å². The van der Waals surface area contributed by atoms with Crippen molar-refractivity contribution in [3.8, 4) is 0 Å². The Kier molecular flexibility index (Phi) is 4.97. The SMILES string of the molecule is CCCNC(COC)c1cscn1. The molecule has 0 spiro atoms. The molecule has 1 N–H and O–H groups in total. The molecule has 0 radical (unpaired) electrons. The maximum Gasteiger partial charge on any atom is 0.0795 e. The van der Waals surface area contributed by atoms with Crippen LogP contribution < -0.4 is 5.32 Å². The Labute approximate surface area is 83.1 Å². The van der Waals surface area contributed by atoms with Gasteiger partial charge in [0.05, 0.1) is 23.9 Å². The number of methoxy groups -OCH3 is 1. The number of ether oxygens (including phenoxy) is 1. The topological polar surface area (TPSA) is 34.1 Å². The Bertz CT molecular complexity index is 213. The average molecular weight is 200 g/mol. The largest absolute Gasteiger partial charge is 0.383 e. The molecular formula is C9H16N2OS. The van der Waals surface area contributed by atoms with E-state index in [2.05, 4.69) is 22.6 Å². The first kappa shape index (κ1) is 10.6. The van der Waals surface area contributed by atoms with E-state index in [9.17, 15) is 0 Å². The van der Waals surface area contributed by atoms with E-state index in [-0.39, 0.29) is 6.04 Å². The van der Waals surface area contributed by atoms with Crippen LogP contribution in [-0.2, 0) is 4.74 Å². The molecule has 0 saturated carbocycles. The molecule has 1 heterocycles. The van der Waals surface area contributed by atoms with Crippen LogP contribution in [0.5, 0.6) is 0 Å². The Morgan fingerprint density at radius 1 is 1.69 bits per heavy atom. The van der Waals surface area contributed by atoms with Crippen LogP contribution in [0.25, 0.3) is 0 Å². The third kappa shape index (κ3) is 3.42. The monoisotopic (exact) mass is 200 g/mol. The van der Waals surface area contributed by atoms with Gasteiger partial charge in [-0.05, 0) is 13.0 Å². The van der Waals surface area contributed by atoms with Crippen molar-refractivity contribution in [2.75, 3.05) is 20.3 Å². The Morgan fingerprint density at radius 3 is 3.08 bits per heavy atom. The lowest BCUT2D eigenvalue weighted by Crippen LogP contribution is -2.26. The summed E-state index contributed by atoms with van der Waals surface area (Å²) in [5.74, 6) is 0. The van der Waals surface area contributed by atoms with E-state index in [1.807, 2.05) is 5.51 Å². The van der Waals surface area contributed by atoms with Gasteiger partial charge in [0.25, 0.3) is 0 Å². The third-order valence-electron chi connectivity index (χ3n) is 1.78. The lowest BCUT2D eigenvalue weighted by Gasteiger charge is -2.14. The molecule has 0 fully saturated rings. The van der Waals surface area contributed by atoms with Gasteiger partial charge in [-0.1, -0.05) is 6.92 Å². The summed E-state index contributed by atoms with van der Waals surface area (Å²) in [6.07, 6.45) is 1.13. The standard InChI is InChI=1S/C9H16N2OS/c1-3-4-10-8(5-12-2)9-6-13-7-11-9/h6-8,10H,3-5H2,1-2H3. The zero-order valence-electron chi connectivity index (χ0n) is 8.12. The second-order valence-corrected chi connectivity index (χ2v) is 3.59. The minimum Gasteiger partial charge on any atom is -0.383 e. The summed E-state index contributed by atoms with van der Waals surface area (Å²) >= 11 is 1.62. The van der Waals surface area contributed by atoms with Crippen molar-refractivity contribution in [2.24, 2.45) is 0 Å². The van der Waals surface area contributed by atoms with E-state index in [0.717, 1.165) is 18.7 Å². The van der Waals surface area contributed by atoms with Crippen molar-refractivity contribution >= 4 is 11.3 Å². The van der Waals surface area contributed by atoms with Crippen molar-refractivity contribution in [3.05, 3.63) is 16.6 Å². The first-order valence-corrected chi connectivity index (χ1v) is 5.43. The highest BCUT2D eigenvalue weighted by atomic mass is 32.1. The minimum atomic E-state index is 0.246. The second kappa shape index (κ2) is 6.07. The molecule has 0 aromatic carbocycles. The molecule has 13 heavy (non-hydrogen) atoms. The van der Waals surface area contributed by atoms with Gasteiger partial charge in [-0.2, -0.15) is 0 Å². The van der Waals surface area contributed by atoms with Crippen LogP contribution in [0.4, 0.5) is 0 Å². The van der Waals surface area contributed by atoms with Crippen molar-refractivity contribution in [2.45, 2.75) is 19.4 Å². The Morgan fingerprint density at radius 2 is 2.54 bits per heavy atom. The van der Waals surface area contributed by atoms with Gasteiger partial charge in [0.2, 0.25) is 0 Å². The highest BCUT2D eigenvalue weighted by Crippen LogP contribution is 2.12. The number of hydrogen-bond donors (Lipinski definition) is 1. The number of nitrogens with one attached hydrogen (secondary N) is 1. The van der Waals surface area contributed by atoms with E-state index in [1.54, 1.807) is 18.4 Å². The number of hydrogen-bond acceptors (Lipinski definition) is 4. The van der Waals surface area contributed by atoms with Crippen LogP contribution in [0.2, 0.25) is 0 Å². The molecule has 1 rings (SSSR count). The molecule has 4 heteroatoms. The smallest absolute Gasteiger partial charge is 0.0795 e. The molecule has 0 aliphatic heterocycles. The predicted molar refractivity (Wildman–Crippen MR) is 55.0 cm³/mol. The van der Waals surface area contributed by atoms with Crippen LogP contribution in [0.1, 0.15) is 25.1 Å². The van der Waals surface area contributed by atoms with Gasteiger partial charge in [0.15, 0.2) is 0 Å². The summed E-state index contributed by atoms with van der Waals surface area (Å²) in [6, 6.07) is 0.246. The van der Waals surface area contributed by atoms with Crippen LogP contribution in [0.15, 0.2) is 10.9 Å².